The molecule has 0 fully saturated rings. The topological polar surface area (TPSA) is 257 Å². The molecule has 100 radical (unpaired) electrons. The van der Waals surface area contributed by atoms with Crippen molar-refractivity contribution >= 4 is 471 Å². The first-order valence-electron chi connectivity index (χ1n) is 21.4. The van der Waals surface area contributed by atoms with E-state index in [0.717, 1.165) is 18.5 Å². The van der Waals surface area contributed by atoms with Crippen molar-refractivity contribution in [2.75, 3.05) is 6.61 Å². The van der Waals surface area contributed by atoms with Gasteiger partial charge in [0.25, 0.3) is 0 Å². The summed E-state index contributed by atoms with van der Waals surface area (Å²) in [6, 6.07) is 2.02. The van der Waals surface area contributed by atoms with E-state index in [1.807, 2.05) is 0 Å². The molecule has 0 bridgehead atoms. The molecule has 426 valence electrons. The zero-order valence-corrected chi connectivity index (χ0v) is 94.0. The molecule has 0 aliphatic carbocycles. The van der Waals surface area contributed by atoms with Gasteiger partial charge in [0.1, 0.15) is 0 Å². The van der Waals surface area contributed by atoms with Crippen LogP contribution >= 0.6 is 0 Å². The van der Waals surface area contributed by atoms with Gasteiger partial charge >= 0.3 is 5.97 Å². The average Bonchev–Trinajstić information content (AvgIpc) is 3.53. The Hall–Kier alpha value is 9.05. The molecule has 0 unspecified atom stereocenters. The van der Waals surface area contributed by atoms with Gasteiger partial charge < -0.3 is 108 Å². The fourth-order valence-electron chi connectivity index (χ4n) is 2.44. The van der Waals surface area contributed by atoms with Crippen LogP contribution in [0.4, 0.5) is 0 Å². The average molecular weight is 1990 g/mol. The van der Waals surface area contributed by atoms with E-state index in [4.69, 9.17) is 108 Å². The van der Waals surface area contributed by atoms with Crippen LogP contribution in [-0.2, 0) is 112 Å². The van der Waals surface area contributed by atoms with E-state index in [9.17, 15) is 4.79 Å². The minimum absolute atomic E-state index is 0.314. The highest BCUT2D eigenvalue weighted by atomic mass is 29.3. The molecule has 27 nitrogen and oxygen atoms in total. The second-order valence-corrected chi connectivity index (χ2v) is 72.0. The quantitative estimate of drug-likeness (QED) is 0.0237. The maximum absolute atomic E-state index is 11.3. The first-order valence-corrected chi connectivity index (χ1v) is 91.2. The van der Waals surface area contributed by atoms with Crippen LogP contribution in [0.1, 0.15) is 33.1 Å². The lowest BCUT2D eigenvalue weighted by atomic mass is 10.4. The van der Waals surface area contributed by atoms with E-state index in [1.165, 1.54) is 12.8 Å². The normalized spacial score (nSPS) is 11.7. The molecule has 0 atom stereocenters. The van der Waals surface area contributed by atoms with Crippen molar-refractivity contribution in [3.8, 4) is 0 Å². The molecule has 0 aromatic carbocycles. The van der Waals surface area contributed by atoms with Crippen molar-refractivity contribution in [3.63, 3.8) is 0 Å². The smallest absolute Gasteiger partial charge is 0.333 e. The molecule has 0 saturated heterocycles. The van der Waals surface area contributed by atoms with E-state index in [-0.39, 0.29) is 5.97 Å². The number of ether oxygens (including phenoxy) is 1. The van der Waals surface area contributed by atoms with Gasteiger partial charge in [-0.1, -0.05) is 26.3 Å². The van der Waals surface area contributed by atoms with Crippen LogP contribution in [0, 0.1) is 0 Å². The van der Waals surface area contributed by atoms with Crippen LogP contribution in [0.25, 0.3) is 0 Å². The van der Waals surface area contributed by atoms with Crippen molar-refractivity contribution in [2.45, 2.75) is 45.2 Å². The summed E-state index contributed by atoms with van der Waals surface area (Å²) in [5.41, 5.74) is 0.417. The number of esters is 1. The van der Waals surface area contributed by atoms with Crippen LogP contribution < -0.4 is 0 Å². The van der Waals surface area contributed by atoms with Gasteiger partial charge in [0, 0.05) is 5.57 Å². The number of carbonyl (C=O) groups excluding carboxylic acids is 1. The maximum atomic E-state index is 11.3. The lowest BCUT2D eigenvalue weighted by Gasteiger charge is -2.04. The molecule has 0 heterocycles. The Balaban J connectivity index is 3.09. The summed E-state index contributed by atoms with van der Waals surface area (Å²) >= 11 is 0. The van der Waals surface area contributed by atoms with Gasteiger partial charge in [-0.05, 0) is 25.4 Å². The molecule has 0 rings (SSSR count). The Kier molecular flexibility index (Phi) is 102. The van der Waals surface area contributed by atoms with E-state index in [1.54, 1.807) is 6.92 Å². The van der Waals surface area contributed by atoms with Crippen LogP contribution in [0.5, 0.6) is 0 Å². The monoisotopic (exact) mass is 1980 g/mol. The summed E-state index contributed by atoms with van der Waals surface area (Å²) in [7, 11) is 16.8. The number of rotatable bonds is 82. The first kappa shape index (κ1) is 97.1. The van der Waals surface area contributed by atoms with Gasteiger partial charge in [0.15, 0.2) is 0 Å². The number of carbonyl (C=O) groups is 1. The third-order valence-electron chi connectivity index (χ3n) is 5.23. The van der Waals surface area contributed by atoms with E-state index < -0.39 is 0 Å². The summed E-state index contributed by atoms with van der Waals surface area (Å²) in [6.45, 7) is 7.78. The number of hydrogen-bond donors (Lipinski definition) is 0. The number of unbranched alkanes of at least 4 members (excludes halogenated alkanes) is 1. The highest BCUT2D eigenvalue weighted by Gasteiger charge is 2.11. The molecule has 0 aliphatic heterocycles. The molecule has 0 aromatic rings. The zero-order chi connectivity index (χ0) is 63.1. The van der Waals surface area contributed by atoms with Crippen molar-refractivity contribution in [1.29, 1.82) is 0 Å². The summed E-state index contributed by atoms with van der Waals surface area (Å²) in [6.07, 6.45) is 3.24. The Labute approximate surface area is 639 Å². The summed E-state index contributed by atoms with van der Waals surface area (Å²) < 4.78 is 146. The first-order chi connectivity index (χ1) is 43.7. The highest BCUT2D eigenvalue weighted by molar-refractivity contribution is 7.14. The fraction of sp³-hybridized carbons (Fsp3) is 0.727. The summed E-state index contributed by atoms with van der Waals surface area (Å²) in [4.78, 5) is 11.3. The Morgan fingerprint density at radius 2 is 0.375 bits per heavy atom. The second-order valence-electron chi connectivity index (χ2n) is 10.9. The molecule has 0 amide bonds. The third-order valence-corrected chi connectivity index (χ3v) is 79.2. The molecule has 77 heteroatoms. The van der Waals surface area contributed by atoms with Gasteiger partial charge in [-0.15, -0.1) is 0 Å². The third kappa shape index (κ3) is 91.1. The van der Waals surface area contributed by atoms with Gasteiger partial charge in [0.05, 0.1) is 6.61 Å². The second kappa shape index (κ2) is 92.1. The van der Waals surface area contributed by atoms with E-state index >= 15 is 0 Å². The zero-order valence-electron chi connectivity index (χ0n) is 44.0. The minimum Gasteiger partial charge on any atom is -0.462 e. The molecule has 0 aliphatic rings. The standard InChI is InChI=1S/C11H20O27Si50/c1-4-5-8-39-14-41-43-16-45-47-18-49-51-20-53-55-22-57-59-24-61-63-26-65-67-28-69-71-30-73-75-32-77-79-34-81-83-36-85-87-38-88-86-37-84-82-35-80-78-33-76-74-31-72-70-29-68-66-27-64-62-25-60-58-23-56-54-21-52-50-19-48-46-17-44-42-15-40-9-6-7-13-11(12)10(2)3/h2,4-9H2,1,3H3. The predicted molar refractivity (Wildman–Crippen MR) is 370 cm³/mol. The van der Waals surface area contributed by atoms with Gasteiger partial charge in [-0.2, -0.15) is 0 Å². The highest BCUT2D eigenvalue weighted by Crippen LogP contribution is 1.96. The SMILES string of the molecule is C=C(C)C(=O)OCCC[Si]O[Si][Si]O[Si][Si]O[Si][Si]O[Si][Si]O[Si][Si]O[Si][Si]O[Si][Si]O[Si][Si]O[Si][Si]O[Si][Si]O[Si][Si]O[Si][Si]O[Si][Si]O[Si][Si]O[Si][Si]O[Si][Si]O[Si][Si]O[Si][Si]O[Si][Si]O[Si][Si]O[Si][Si]O[Si][Si]O[Si][Si]O[Si][Si]O[Si]CCCC. The van der Waals surface area contributed by atoms with Crippen LogP contribution in [0.2, 0.25) is 12.1 Å². The van der Waals surface area contributed by atoms with Gasteiger partial charge in [0.2, 0.25) is 465 Å². The largest absolute Gasteiger partial charge is 0.462 e. The molecular weight excluding hydrogens is 1970 g/mol. The Morgan fingerprint density at radius 1 is 0.239 bits per heavy atom. The van der Waals surface area contributed by atoms with Crippen molar-refractivity contribution in [1.82, 2.24) is 0 Å². The van der Waals surface area contributed by atoms with Crippen LogP contribution in [0.15, 0.2) is 12.2 Å². The van der Waals surface area contributed by atoms with E-state index in [0.29, 0.717) is 477 Å². The number of hydrogen-bond acceptors (Lipinski definition) is 27. The molecule has 0 aromatic heterocycles. The lowest BCUT2D eigenvalue weighted by Crippen LogP contribution is -2.28. The summed E-state index contributed by atoms with van der Waals surface area (Å²) in [5, 5.41) is 0. The van der Waals surface area contributed by atoms with E-state index in [2.05, 4.69) is 13.5 Å². The Morgan fingerprint density at radius 3 is 0.511 bits per heavy atom. The Bertz CT molecular complexity index is 1340. The van der Waals surface area contributed by atoms with Gasteiger partial charge in [-0.25, -0.2) is 4.79 Å². The molecule has 0 spiro atoms. The maximum Gasteiger partial charge on any atom is 0.333 e. The molecule has 0 saturated carbocycles. The van der Waals surface area contributed by atoms with Crippen molar-refractivity contribution < 1.29 is 112 Å². The molecular formula is C11H20O27Si50. The van der Waals surface area contributed by atoms with Gasteiger partial charge in [-0.3, -0.25) is 0 Å². The fourth-order valence-corrected chi connectivity index (χ4v) is 78.9. The van der Waals surface area contributed by atoms with Crippen LogP contribution in [0.3, 0.4) is 0 Å². The lowest BCUT2D eigenvalue weighted by molar-refractivity contribution is -0.138. The minimum atomic E-state index is -0.344. The molecule has 0 N–H and O–H groups in total. The van der Waals surface area contributed by atoms with Crippen molar-refractivity contribution in [2.24, 2.45) is 0 Å². The van der Waals surface area contributed by atoms with Crippen LogP contribution in [-0.4, -0.2) is 478 Å². The van der Waals surface area contributed by atoms with Crippen molar-refractivity contribution in [3.05, 3.63) is 12.2 Å². The summed E-state index contributed by atoms with van der Waals surface area (Å²) in [5.74, 6) is -0.344. The molecule has 88 heavy (non-hydrogen) atoms. The predicted octanol–water partition coefficient (Wildman–Crippen LogP) is -17.5.